The summed E-state index contributed by atoms with van der Waals surface area (Å²) >= 11 is 5.36. The zero-order valence-electron chi connectivity index (χ0n) is 14.3. The van der Waals surface area contributed by atoms with Crippen LogP contribution < -0.4 is 20.1 Å². The number of rotatable bonds is 7. The van der Waals surface area contributed by atoms with E-state index in [0.29, 0.717) is 18.3 Å². The topological polar surface area (TPSA) is 42.5 Å². The van der Waals surface area contributed by atoms with E-state index in [9.17, 15) is 0 Å². The molecule has 2 aromatic carbocycles. The fraction of sp³-hybridized carbons (Fsp3) is 0.316. The Kier molecular flexibility index (Phi) is 6.88. The summed E-state index contributed by atoms with van der Waals surface area (Å²) in [5, 5.41) is 6.95. The molecule has 2 rings (SSSR count). The van der Waals surface area contributed by atoms with Gasteiger partial charge in [-0.25, -0.2) is 0 Å². The highest BCUT2D eigenvalue weighted by Gasteiger charge is 2.07. The zero-order valence-corrected chi connectivity index (χ0v) is 15.2. The van der Waals surface area contributed by atoms with E-state index in [1.54, 1.807) is 0 Å². The molecule has 2 aromatic rings. The van der Waals surface area contributed by atoms with E-state index in [2.05, 4.69) is 10.6 Å². The van der Waals surface area contributed by atoms with Gasteiger partial charge in [-0.15, -0.1) is 0 Å². The van der Waals surface area contributed by atoms with Crippen LogP contribution in [0.15, 0.2) is 48.5 Å². The van der Waals surface area contributed by atoms with E-state index in [-0.39, 0.29) is 6.04 Å². The van der Waals surface area contributed by atoms with Gasteiger partial charge in [-0.05, 0) is 56.8 Å². The molecule has 0 bridgehead atoms. The third-order valence-electron chi connectivity index (χ3n) is 3.36. The molecule has 0 aromatic heterocycles. The Bertz CT molecular complexity index is 676. The van der Waals surface area contributed by atoms with Gasteiger partial charge in [0.15, 0.2) is 5.11 Å². The number of ether oxygens (including phenoxy) is 2. The summed E-state index contributed by atoms with van der Waals surface area (Å²) in [4.78, 5) is 0. The van der Waals surface area contributed by atoms with Gasteiger partial charge in [0.25, 0.3) is 0 Å². The normalized spacial score (nSPS) is 11.5. The maximum absolute atomic E-state index is 5.83. The Morgan fingerprint density at radius 2 is 1.92 bits per heavy atom. The Balaban J connectivity index is 1.81. The van der Waals surface area contributed by atoms with Gasteiger partial charge in [-0.3, -0.25) is 0 Å². The molecule has 0 spiro atoms. The molecular weight excluding hydrogens is 320 g/mol. The molecule has 0 fully saturated rings. The van der Waals surface area contributed by atoms with Crippen molar-refractivity contribution in [1.82, 2.24) is 5.32 Å². The van der Waals surface area contributed by atoms with Crippen molar-refractivity contribution in [1.29, 1.82) is 0 Å². The SMILES string of the molecule is CCOc1cccc(NC(=S)N[C@H](C)COc2ccccc2C)c1. The van der Waals surface area contributed by atoms with E-state index in [1.165, 1.54) is 0 Å². The highest BCUT2D eigenvalue weighted by atomic mass is 32.1. The van der Waals surface area contributed by atoms with Gasteiger partial charge in [0.05, 0.1) is 12.6 Å². The fourth-order valence-corrected chi connectivity index (χ4v) is 2.52. The number of anilines is 1. The van der Waals surface area contributed by atoms with E-state index in [1.807, 2.05) is 69.3 Å². The van der Waals surface area contributed by atoms with Crippen LogP contribution in [-0.2, 0) is 0 Å². The van der Waals surface area contributed by atoms with E-state index in [0.717, 1.165) is 22.7 Å². The van der Waals surface area contributed by atoms with Crippen molar-refractivity contribution in [2.75, 3.05) is 18.5 Å². The maximum atomic E-state index is 5.83. The molecule has 0 aliphatic heterocycles. The zero-order chi connectivity index (χ0) is 17.4. The lowest BCUT2D eigenvalue weighted by Crippen LogP contribution is -2.39. The Morgan fingerprint density at radius 3 is 2.67 bits per heavy atom. The average molecular weight is 344 g/mol. The first-order valence-electron chi connectivity index (χ1n) is 8.07. The van der Waals surface area contributed by atoms with Crippen LogP contribution in [0.4, 0.5) is 5.69 Å². The summed E-state index contributed by atoms with van der Waals surface area (Å²) in [6.45, 7) is 7.20. The van der Waals surface area contributed by atoms with Crippen molar-refractivity contribution < 1.29 is 9.47 Å². The van der Waals surface area contributed by atoms with Crippen molar-refractivity contribution in [3.63, 3.8) is 0 Å². The molecule has 5 heteroatoms. The molecule has 1 atom stereocenters. The molecule has 128 valence electrons. The number of nitrogens with one attached hydrogen (secondary N) is 2. The quantitative estimate of drug-likeness (QED) is 0.739. The van der Waals surface area contributed by atoms with Crippen LogP contribution in [0.1, 0.15) is 19.4 Å². The van der Waals surface area contributed by atoms with Gasteiger partial charge >= 0.3 is 0 Å². The molecule has 2 N–H and O–H groups in total. The Labute approximate surface area is 149 Å². The third kappa shape index (κ3) is 5.74. The lowest BCUT2D eigenvalue weighted by molar-refractivity contribution is 0.285. The Hall–Kier alpha value is -2.27. The summed E-state index contributed by atoms with van der Waals surface area (Å²) in [7, 11) is 0. The standard InChI is InChI=1S/C19H24N2O2S/c1-4-22-17-10-7-9-16(12-17)21-19(24)20-15(3)13-23-18-11-6-5-8-14(18)2/h5-12,15H,4,13H2,1-3H3,(H2,20,21,24)/t15-/m1/s1. The van der Waals surface area contributed by atoms with E-state index >= 15 is 0 Å². The molecular formula is C19H24N2O2S. The molecule has 0 heterocycles. The number of hydrogen-bond donors (Lipinski definition) is 2. The van der Waals surface area contributed by atoms with Crippen molar-refractivity contribution in [3.8, 4) is 11.5 Å². The molecule has 0 unspecified atom stereocenters. The summed E-state index contributed by atoms with van der Waals surface area (Å²) in [5.41, 5.74) is 2.02. The van der Waals surface area contributed by atoms with Crippen molar-refractivity contribution in [3.05, 3.63) is 54.1 Å². The second-order valence-corrected chi connectivity index (χ2v) is 5.95. The van der Waals surface area contributed by atoms with Crippen LogP contribution in [0.2, 0.25) is 0 Å². The molecule has 4 nitrogen and oxygen atoms in total. The molecule has 0 radical (unpaired) electrons. The molecule has 0 aliphatic carbocycles. The van der Waals surface area contributed by atoms with Crippen LogP contribution in [0, 0.1) is 6.92 Å². The van der Waals surface area contributed by atoms with Gasteiger partial charge in [-0.2, -0.15) is 0 Å². The number of hydrogen-bond acceptors (Lipinski definition) is 3. The lowest BCUT2D eigenvalue weighted by Gasteiger charge is -2.18. The van der Waals surface area contributed by atoms with Gasteiger partial charge in [0.1, 0.15) is 18.1 Å². The van der Waals surface area contributed by atoms with E-state index in [4.69, 9.17) is 21.7 Å². The number of thiocarbonyl (C=S) groups is 1. The van der Waals surface area contributed by atoms with Crippen LogP contribution in [0.25, 0.3) is 0 Å². The van der Waals surface area contributed by atoms with Crippen LogP contribution >= 0.6 is 12.2 Å². The molecule has 0 amide bonds. The number of benzene rings is 2. The first-order valence-corrected chi connectivity index (χ1v) is 8.48. The van der Waals surface area contributed by atoms with Crippen LogP contribution in [-0.4, -0.2) is 24.4 Å². The summed E-state index contributed by atoms with van der Waals surface area (Å²) < 4.78 is 11.3. The summed E-state index contributed by atoms with van der Waals surface area (Å²) in [6.07, 6.45) is 0. The third-order valence-corrected chi connectivity index (χ3v) is 3.58. The number of aryl methyl sites for hydroxylation is 1. The van der Waals surface area contributed by atoms with Gasteiger partial charge in [0.2, 0.25) is 0 Å². The first-order chi connectivity index (χ1) is 11.6. The number of para-hydroxylation sites is 1. The molecule has 0 aliphatic rings. The van der Waals surface area contributed by atoms with Crippen molar-refractivity contribution in [2.45, 2.75) is 26.8 Å². The molecule has 24 heavy (non-hydrogen) atoms. The van der Waals surface area contributed by atoms with Crippen LogP contribution in [0.5, 0.6) is 11.5 Å². The predicted molar refractivity (Wildman–Crippen MR) is 103 cm³/mol. The lowest BCUT2D eigenvalue weighted by atomic mass is 10.2. The first kappa shape index (κ1) is 18.1. The average Bonchev–Trinajstić information content (AvgIpc) is 2.54. The predicted octanol–water partition coefficient (Wildman–Crippen LogP) is 4.15. The summed E-state index contributed by atoms with van der Waals surface area (Å²) in [6, 6.07) is 15.8. The maximum Gasteiger partial charge on any atom is 0.171 e. The highest BCUT2D eigenvalue weighted by Crippen LogP contribution is 2.18. The minimum absolute atomic E-state index is 0.0830. The monoisotopic (exact) mass is 344 g/mol. The van der Waals surface area contributed by atoms with Gasteiger partial charge in [-0.1, -0.05) is 24.3 Å². The molecule has 0 saturated heterocycles. The smallest absolute Gasteiger partial charge is 0.171 e. The van der Waals surface area contributed by atoms with Gasteiger partial charge < -0.3 is 20.1 Å². The second kappa shape index (κ2) is 9.13. The van der Waals surface area contributed by atoms with Crippen molar-refractivity contribution >= 4 is 23.0 Å². The van der Waals surface area contributed by atoms with E-state index < -0.39 is 0 Å². The largest absolute Gasteiger partial charge is 0.494 e. The highest BCUT2D eigenvalue weighted by molar-refractivity contribution is 7.80. The molecule has 0 saturated carbocycles. The fourth-order valence-electron chi connectivity index (χ4n) is 2.20. The minimum atomic E-state index is 0.0830. The second-order valence-electron chi connectivity index (χ2n) is 5.54. The van der Waals surface area contributed by atoms with Crippen molar-refractivity contribution in [2.24, 2.45) is 0 Å². The van der Waals surface area contributed by atoms with Crippen LogP contribution in [0.3, 0.4) is 0 Å². The minimum Gasteiger partial charge on any atom is -0.494 e. The Morgan fingerprint density at radius 1 is 1.12 bits per heavy atom. The van der Waals surface area contributed by atoms with Gasteiger partial charge in [0, 0.05) is 11.8 Å². The summed E-state index contributed by atoms with van der Waals surface area (Å²) in [5.74, 6) is 1.72.